The van der Waals surface area contributed by atoms with E-state index in [2.05, 4.69) is 16.8 Å². The minimum absolute atomic E-state index is 0.101. The van der Waals surface area contributed by atoms with Crippen molar-refractivity contribution in [3.8, 4) is 29.2 Å². The van der Waals surface area contributed by atoms with Crippen LogP contribution in [0.3, 0.4) is 0 Å². The number of pyridine rings is 2. The lowest BCUT2D eigenvalue weighted by atomic mass is 10.1. The van der Waals surface area contributed by atoms with Crippen LogP contribution in [0.2, 0.25) is 0 Å². The predicted octanol–water partition coefficient (Wildman–Crippen LogP) is 4.14. The quantitative estimate of drug-likeness (QED) is 0.556. The lowest BCUT2D eigenvalue weighted by Gasteiger charge is -2.25. The molecule has 1 fully saturated rings. The summed E-state index contributed by atoms with van der Waals surface area (Å²) in [7, 11) is 0. The molecule has 2 aromatic heterocycles. The van der Waals surface area contributed by atoms with Gasteiger partial charge in [-0.15, -0.1) is 0 Å². The van der Waals surface area contributed by atoms with Gasteiger partial charge in [0.2, 0.25) is 0 Å². The van der Waals surface area contributed by atoms with Gasteiger partial charge in [0.25, 0.3) is 11.4 Å². The molecule has 0 radical (unpaired) electrons. The van der Waals surface area contributed by atoms with Crippen LogP contribution in [0.25, 0.3) is 0 Å². The third-order valence-corrected chi connectivity index (χ3v) is 5.88. The van der Waals surface area contributed by atoms with Crippen LogP contribution in [-0.4, -0.2) is 28.9 Å². The van der Waals surface area contributed by atoms with Crippen molar-refractivity contribution in [3.05, 3.63) is 81.9 Å². The first-order valence-electron chi connectivity index (χ1n) is 11.3. The molecule has 2 aliphatic rings. The van der Waals surface area contributed by atoms with E-state index in [0.717, 1.165) is 16.8 Å². The second-order valence-electron chi connectivity index (χ2n) is 8.55. The molecule has 5 rings (SSSR count). The molecule has 6 heteroatoms. The van der Waals surface area contributed by atoms with Crippen LogP contribution >= 0.6 is 0 Å². The Bertz CT molecular complexity index is 1270. The summed E-state index contributed by atoms with van der Waals surface area (Å²) in [4.78, 5) is 17.1. The van der Waals surface area contributed by atoms with E-state index in [1.165, 1.54) is 18.9 Å². The highest BCUT2D eigenvalue weighted by Crippen LogP contribution is 2.29. The summed E-state index contributed by atoms with van der Waals surface area (Å²) in [5.74, 6) is 8.70. The number of hydrogen-bond donors (Lipinski definition) is 0. The Morgan fingerprint density at radius 3 is 2.79 bits per heavy atom. The van der Waals surface area contributed by atoms with Gasteiger partial charge in [-0.3, -0.25) is 4.79 Å². The molecule has 1 aromatic carbocycles. The Hall–Kier alpha value is -3.72. The van der Waals surface area contributed by atoms with E-state index in [-0.39, 0.29) is 24.3 Å². The van der Waals surface area contributed by atoms with Gasteiger partial charge in [0, 0.05) is 29.4 Å². The number of nitrogens with zero attached hydrogens (tertiary/aromatic N) is 2. The predicted molar refractivity (Wildman–Crippen MR) is 125 cm³/mol. The van der Waals surface area contributed by atoms with Crippen molar-refractivity contribution < 1.29 is 14.2 Å². The summed E-state index contributed by atoms with van der Waals surface area (Å²) in [5, 5.41) is 0. The number of aromatic nitrogens is 2. The molecule has 0 bridgehead atoms. The summed E-state index contributed by atoms with van der Waals surface area (Å²) < 4.78 is 19.1. The van der Waals surface area contributed by atoms with E-state index >= 15 is 0 Å². The Labute approximate surface area is 193 Å². The minimum atomic E-state index is -0.273. The zero-order chi connectivity index (χ0) is 22.8. The molecule has 3 heterocycles. The van der Waals surface area contributed by atoms with E-state index in [9.17, 15) is 4.79 Å². The lowest BCUT2D eigenvalue weighted by Crippen LogP contribution is -2.35. The zero-order valence-electron chi connectivity index (χ0n) is 18.8. The first-order valence-corrected chi connectivity index (χ1v) is 11.3. The Morgan fingerprint density at radius 1 is 1.21 bits per heavy atom. The van der Waals surface area contributed by atoms with Crippen LogP contribution in [0.15, 0.2) is 59.5 Å². The lowest BCUT2D eigenvalue weighted by molar-refractivity contribution is 0.0500. The van der Waals surface area contributed by atoms with Crippen molar-refractivity contribution in [1.29, 1.82) is 0 Å². The fraction of sp³-hybridized carbons (Fsp3) is 0.333. The molecule has 168 valence electrons. The molecule has 1 aliphatic heterocycles. The summed E-state index contributed by atoms with van der Waals surface area (Å²) in [6.07, 6.45) is 3.83. The van der Waals surface area contributed by atoms with Crippen molar-refractivity contribution >= 4 is 0 Å². The van der Waals surface area contributed by atoms with Crippen LogP contribution in [0, 0.1) is 24.7 Å². The largest absolute Gasteiger partial charge is 0.489 e. The number of fused-ring (bicyclic) bond motifs is 1. The third-order valence-electron chi connectivity index (χ3n) is 5.88. The molecule has 33 heavy (non-hydrogen) atoms. The number of ether oxygens (including phenoxy) is 3. The monoisotopic (exact) mass is 442 g/mol. The molecule has 0 spiro atoms. The highest BCUT2D eigenvalue weighted by Gasteiger charge is 2.23. The van der Waals surface area contributed by atoms with Crippen molar-refractivity contribution in [2.45, 2.75) is 38.8 Å². The molecule has 2 atom stereocenters. The molecule has 0 N–H and O–H groups in total. The molecular formula is C27H26N2O4. The van der Waals surface area contributed by atoms with Gasteiger partial charge >= 0.3 is 0 Å². The first-order chi connectivity index (χ1) is 16.1. The first kappa shape index (κ1) is 21.1. The highest BCUT2D eigenvalue weighted by atomic mass is 16.6. The van der Waals surface area contributed by atoms with Gasteiger partial charge < -0.3 is 18.8 Å². The molecule has 0 amide bonds. The third kappa shape index (κ3) is 4.88. The fourth-order valence-corrected chi connectivity index (χ4v) is 3.90. The standard InChI is InChI=1S/C27H26N2O4/c1-18-14-23(31-16-24-17-32-27-25(33-24)4-3-13-28-27)15-26(30)29(18)19(2)22-11-9-21(10-12-22)8-7-20-5-6-20/h3-4,9-15,19-20,24H,5-6,16-17H2,1-2H3. The van der Waals surface area contributed by atoms with E-state index in [4.69, 9.17) is 14.2 Å². The summed E-state index contributed by atoms with van der Waals surface area (Å²) >= 11 is 0. The maximum atomic E-state index is 12.9. The zero-order valence-corrected chi connectivity index (χ0v) is 18.8. The topological polar surface area (TPSA) is 62.6 Å². The molecule has 6 nitrogen and oxygen atoms in total. The van der Waals surface area contributed by atoms with Crippen LogP contribution in [0.5, 0.6) is 17.4 Å². The maximum absolute atomic E-state index is 12.9. The second kappa shape index (κ2) is 9.03. The van der Waals surface area contributed by atoms with E-state index < -0.39 is 0 Å². The molecule has 3 aromatic rings. The number of aryl methyl sites for hydroxylation is 1. The van der Waals surface area contributed by atoms with Gasteiger partial charge in [-0.1, -0.05) is 24.0 Å². The Kier molecular flexibility index (Phi) is 5.78. The van der Waals surface area contributed by atoms with Gasteiger partial charge in [0.1, 0.15) is 19.0 Å². The Morgan fingerprint density at radius 2 is 2.03 bits per heavy atom. The van der Waals surface area contributed by atoms with Gasteiger partial charge in [-0.05, 0) is 62.6 Å². The molecule has 1 saturated carbocycles. The number of benzene rings is 1. The molecule has 2 unspecified atom stereocenters. The van der Waals surface area contributed by atoms with Gasteiger partial charge in [-0.2, -0.15) is 0 Å². The summed E-state index contributed by atoms with van der Waals surface area (Å²) in [5.41, 5.74) is 2.80. The van der Waals surface area contributed by atoms with Crippen LogP contribution in [0.1, 0.15) is 42.6 Å². The van der Waals surface area contributed by atoms with E-state index in [1.54, 1.807) is 16.8 Å². The number of hydrogen-bond acceptors (Lipinski definition) is 5. The van der Waals surface area contributed by atoms with Crippen molar-refractivity contribution in [2.24, 2.45) is 5.92 Å². The van der Waals surface area contributed by atoms with Crippen LogP contribution in [-0.2, 0) is 0 Å². The van der Waals surface area contributed by atoms with Crippen LogP contribution < -0.4 is 19.8 Å². The smallest absolute Gasteiger partial charge is 0.257 e. The van der Waals surface area contributed by atoms with E-state index in [1.807, 2.05) is 50.2 Å². The van der Waals surface area contributed by atoms with Crippen molar-refractivity contribution in [2.75, 3.05) is 13.2 Å². The molecule has 0 saturated heterocycles. The normalized spacial score (nSPS) is 17.6. The van der Waals surface area contributed by atoms with Gasteiger partial charge in [-0.25, -0.2) is 4.98 Å². The maximum Gasteiger partial charge on any atom is 0.257 e. The van der Waals surface area contributed by atoms with E-state index in [0.29, 0.717) is 29.9 Å². The van der Waals surface area contributed by atoms with Crippen molar-refractivity contribution in [1.82, 2.24) is 9.55 Å². The second-order valence-corrected chi connectivity index (χ2v) is 8.55. The summed E-state index contributed by atoms with van der Waals surface area (Å²) in [6, 6.07) is 15.1. The van der Waals surface area contributed by atoms with Gasteiger partial charge in [0.05, 0.1) is 6.04 Å². The molecule has 1 aliphatic carbocycles. The molecular weight excluding hydrogens is 416 g/mol. The average Bonchev–Trinajstić information content (AvgIpc) is 3.66. The SMILES string of the molecule is Cc1cc(OCC2COc3ncccc3O2)cc(=O)n1C(C)c1ccc(C#CC2CC2)cc1. The average molecular weight is 443 g/mol. The van der Waals surface area contributed by atoms with Gasteiger partial charge in [0.15, 0.2) is 11.9 Å². The van der Waals surface area contributed by atoms with Crippen LogP contribution in [0.4, 0.5) is 0 Å². The number of rotatable bonds is 5. The minimum Gasteiger partial charge on any atom is -0.489 e. The Balaban J connectivity index is 1.25. The van der Waals surface area contributed by atoms with Crippen molar-refractivity contribution in [3.63, 3.8) is 0 Å². The highest BCUT2D eigenvalue weighted by molar-refractivity contribution is 5.38. The fourth-order valence-electron chi connectivity index (χ4n) is 3.90. The summed E-state index contributed by atoms with van der Waals surface area (Å²) in [6.45, 7) is 4.56.